The number of aromatic nitrogens is 2. The first-order chi connectivity index (χ1) is 11.8. The molecule has 0 spiro atoms. The Morgan fingerprint density at radius 1 is 1.00 bits per heavy atom. The Morgan fingerprint density at radius 3 is 2.28 bits per heavy atom. The summed E-state index contributed by atoms with van der Waals surface area (Å²) in [6, 6.07) is 5.69. The number of benzene rings is 1. The Bertz CT molecular complexity index is 858. The average molecular weight is 339 g/mol. The molecule has 0 bridgehead atoms. The van der Waals surface area contributed by atoms with Crippen LogP contribution in [0.25, 0.3) is 0 Å². The molecular weight excluding hydrogens is 322 g/mol. The van der Waals surface area contributed by atoms with Crippen molar-refractivity contribution < 1.29 is 14.4 Å². The smallest absolute Gasteiger partial charge is 0.308 e. The number of hydrogen-bond donors (Lipinski definition) is 2. The quantitative estimate of drug-likeness (QED) is 0.818. The van der Waals surface area contributed by atoms with Crippen molar-refractivity contribution in [3.8, 4) is 0 Å². The summed E-state index contributed by atoms with van der Waals surface area (Å²) in [5.74, 6) is -0.546. The van der Waals surface area contributed by atoms with Crippen LogP contribution in [-0.2, 0) is 0 Å². The molecule has 0 unspecified atom stereocenters. The Morgan fingerprint density at radius 2 is 1.64 bits per heavy atom. The van der Waals surface area contributed by atoms with Gasteiger partial charge in [-0.1, -0.05) is 0 Å². The van der Waals surface area contributed by atoms with Gasteiger partial charge in [-0.2, -0.15) is 0 Å². The molecule has 2 heterocycles. The van der Waals surface area contributed by atoms with Crippen LogP contribution in [0.2, 0.25) is 0 Å². The van der Waals surface area contributed by atoms with Crippen molar-refractivity contribution in [1.29, 1.82) is 0 Å². The number of urea groups is 1. The van der Waals surface area contributed by atoms with Crippen molar-refractivity contribution in [3.05, 3.63) is 47.8 Å². The van der Waals surface area contributed by atoms with Crippen molar-refractivity contribution in [3.63, 3.8) is 0 Å². The molecule has 0 atom stereocenters. The number of rotatable bonds is 2. The van der Waals surface area contributed by atoms with Crippen LogP contribution in [0.4, 0.5) is 16.4 Å². The van der Waals surface area contributed by atoms with E-state index in [-0.39, 0.29) is 23.3 Å². The molecule has 3 rings (SSSR count). The molecule has 1 aliphatic heterocycles. The maximum absolute atomic E-state index is 12.5. The number of hydrogen-bond acceptors (Lipinski definition) is 5. The predicted molar refractivity (Wildman–Crippen MR) is 91.4 cm³/mol. The van der Waals surface area contributed by atoms with E-state index in [4.69, 9.17) is 0 Å². The number of nitrogens with zero attached hydrogens (tertiary/aromatic N) is 3. The summed E-state index contributed by atoms with van der Waals surface area (Å²) in [4.78, 5) is 45.9. The fourth-order valence-electron chi connectivity index (χ4n) is 2.56. The predicted octanol–water partition coefficient (Wildman–Crippen LogP) is 2.52. The molecule has 25 heavy (non-hydrogen) atoms. The van der Waals surface area contributed by atoms with E-state index in [1.807, 2.05) is 0 Å². The molecule has 0 aliphatic carbocycles. The van der Waals surface area contributed by atoms with Crippen LogP contribution in [0.5, 0.6) is 0 Å². The van der Waals surface area contributed by atoms with Gasteiger partial charge in [-0.25, -0.2) is 14.8 Å². The molecule has 1 aliphatic rings. The number of amides is 4. The van der Waals surface area contributed by atoms with Crippen LogP contribution in [0, 0.1) is 0 Å². The van der Waals surface area contributed by atoms with Crippen molar-refractivity contribution >= 4 is 29.5 Å². The molecular formula is C17H17N5O3. The fourth-order valence-corrected chi connectivity index (χ4v) is 2.56. The van der Waals surface area contributed by atoms with Crippen molar-refractivity contribution in [1.82, 2.24) is 14.9 Å². The van der Waals surface area contributed by atoms with Crippen molar-refractivity contribution in [2.75, 3.05) is 10.6 Å². The molecule has 8 nitrogen and oxygen atoms in total. The second-order valence-electron chi connectivity index (χ2n) is 6.53. The first kappa shape index (κ1) is 16.6. The standard InChI is InChI=1S/C17H17N5O3/c1-17(2,3)22-13(23)11-6-5-10(9-12(11)14(22)24)20-16(25)21-15-18-7-4-8-19-15/h4-9H,1-3H3,(H2,18,19,20,21,25). The number of imide groups is 1. The topological polar surface area (TPSA) is 104 Å². The van der Waals surface area contributed by atoms with Crippen LogP contribution in [0.1, 0.15) is 41.5 Å². The zero-order chi connectivity index (χ0) is 18.2. The first-order valence-electron chi connectivity index (χ1n) is 7.65. The Kier molecular flexibility index (Phi) is 3.96. The van der Waals surface area contributed by atoms with E-state index >= 15 is 0 Å². The Balaban J connectivity index is 1.79. The highest BCUT2D eigenvalue weighted by Gasteiger charge is 2.41. The molecule has 1 aromatic heterocycles. The molecule has 8 heteroatoms. The minimum atomic E-state index is -0.622. The third kappa shape index (κ3) is 3.18. The molecule has 0 fully saturated rings. The number of nitrogens with one attached hydrogen (secondary N) is 2. The maximum Gasteiger partial charge on any atom is 0.326 e. The highest BCUT2D eigenvalue weighted by atomic mass is 16.2. The molecule has 2 aromatic rings. The summed E-state index contributed by atoms with van der Waals surface area (Å²) in [5.41, 5.74) is 0.373. The highest BCUT2D eigenvalue weighted by Crippen LogP contribution is 2.30. The molecule has 128 valence electrons. The van der Waals surface area contributed by atoms with E-state index in [0.29, 0.717) is 11.3 Å². The average Bonchev–Trinajstić information content (AvgIpc) is 2.79. The zero-order valence-electron chi connectivity index (χ0n) is 14.0. The monoisotopic (exact) mass is 339 g/mol. The lowest BCUT2D eigenvalue weighted by atomic mass is 10.1. The summed E-state index contributed by atoms with van der Waals surface area (Å²) in [6.45, 7) is 5.38. The summed E-state index contributed by atoms with van der Waals surface area (Å²) < 4.78 is 0. The van der Waals surface area contributed by atoms with E-state index in [0.717, 1.165) is 0 Å². The van der Waals surface area contributed by atoms with Crippen LogP contribution < -0.4 is 10.6 Å². The normalized spacial score (nSPS) is 13.6. The van der Waals surface area contributed by atoms with Gasteiger partial charge in [0, 0.05) is 23.6 Å². The van der Waals surface area contributed by atoms with Gasteiger partial charge in [-0.3, -0.25) is 19.8 Å². The van der Waals surface area contributed by atoms with E-state index in [1.54, 1.807) is 32.9 Å². The van der Waals surface area contributed by atoms with Crippen LogP contribution in [0.3, 0.4) is 0 Å². The number of carbonyl (C=O) groups excluding carboxylic acids is 3. The largest absolute Gasteiger partial charge is 0.326 e. The van der Waals surface area contributed by atoms with Crippen molar-refractivity contribution in [2.45, 2.75) is 26.3 Å². The minimum Gasteiger partial charge on any atom is -0.308 e. The number of carbonyl (C=O) groups is 3. The SMILES string of the molecule is CC(C)(C)N1C(=O)c2ccc(NC(=O)Nc3ncccn3)cc2C1=O. The van der Waals surface area contributed by atoms with Gasteiger partial charge in [0.15, 0.2) is 0 Å². The first-order valence-corrected chi connectivity index (χ1v) is 7.65. The lowest BCUT2D eigenvalue weighted by Gasteiger charge is -2.29. The van der Waals surface area contributed by atoms with Gasteiger partial charge in [0.2, 0.25) is 5.95 Å². The number of fused-ring (bicyclic) bond motifs is 1. The van der Waals surface area contributed by atoms with Gasteiger partial charge in [-0.15, -0.1) is 0 Å². The van der Waals surface area contributed by atoms with Crippen LogP contribution in [-0.4, -0.2) is 38.3 Å². The number of anilines is 2. The summed E-state index contributed by atoms with van der Waals surface area (Å²) in [7, 11) is 0. The highest BCUT2D eigenvalue weighted by molar-refractivity contribution is 6.22. The molecule has 0 radical (unpaired) electrons. The van der Waals surface area contributed by atoms with Gasteiger partial charge in [0.05, 0.1) is 11.1 Å². The molecule has 0 saturated carbocycles. The van der Waals surface area contributed by atoms with Crippen LogP contribution in [0.15, 0.2) is 36.7 Å². The molecule has 4 amide bonds. The second-order valence-corrected chi connectivity index (χ2v) is 6.53. The minimum absolute atomic E-state index is 0.159. The summed E-state index contributed by atoms with van der Waals surface area (Å²) >= 11 is 0. The molecule has 0 saturated heterocycles. The molecule has 1 aromatic carbocycles. The Hall–Kier alpha value is -3.29. The molecule has 2 N–H and O–H groups in total. The van der Waals surface area contributed by atoms with Crippen LogP contribution >= 0.6 is 0 Å². The van der Waals surface area contributed by atoms with E-state index < -0.39 is 11.6 Å². The van der Waals surface area contributed by atoms with Gasteiger partial charge in [0.1, 0.15) is 0 Å². The van der Waals surface area contributed by atoms with E-state index in [1.165, 1.54) is 29.4 Å². The maximum atomic E-state index is 12.5. The van der Waals surface area contributed by atoms with Gasteiger partial charge in [-0.05, 0) is 45.0 Å². The summed E-state index contributed by atoms with van der Waals surface area (Å²) in [5, 5.41) is 5.07. The second kappa shape index (κ2) is 5.97. The van der Waals surface area contributed by atoms with Gasteiger partial charge >= 0.3 is 6.03 Å². The zero-order valence-corrected chi connectivity index (χ0v) is 14.0. The lowest BCUT2D eigenvalue weighted by Crippen LogP contribution is -2.45. The third-order valence-corrected chi connectivity index (χ3v) is 3.61. The van der Waals surface area contributed by atoms with E-state index in [9.17, 15) is 14.4 Å². The third-order valence-electron chi connectivity index (χ3n) is 3.61. The van der Waals surface area contributed by atoms with Gasteiger partial charge in [0.25, 0.3) is 11.8 Å². The van der Waals surface area contributed by atoms with Gasteiger partial charge < -0.3 is 5.32 Å². The Labute approximate surface area is 144 Å². The fraction of sp³-hybridized carbons (Fsp3) is 0.235. The lowest BCUT2D eigenvalue weighted by molar-refractivity contribution is 0.0507. The van der Waals surface area contributed by atoms with E-state index in [2.05, 4.69) is 20.6 Å². The summed E-state index contributed by atoms with van der Waals surface area (Å²) in [6.07, 6.45) is 3.01. The van der Waals surface area contributed by atoms with Crippen molar-refractivity contribution in [2.24, 2.45) is 0 Å².